The molecule has 3 aromatic rings. The number of hydrogen-bond donors (Lipinski definition) is 0. The standard InChI is InChI=1S/C23H24O4/c1-3-5-9-16(4-2)22(24)27-23(25)26-21-13-8-12-19-14-17-10-6-7-11-18(17)15-20(19)21/h6-8,10-16H,3-5,9H2,1-2H3. The third-order valence-electron chi connectivity index (χ3n) is 4.82. The lowest BCUT2D eigenvalue weighted by atomic mass is 10.00. The summed E-state index contributed by atoms with van der Waals surface area (Å²) in [5.41, 5.74) is 0. The van der Waals surface area contributed by atoms with E-state index < -0.39 is 12.1 Å². The number of esters is 1. The van der Waals surface area contributed by atoms with Gasteiger partial charge < -0.3 is 9.47 Å². The molecule has 3 aromatic carbocycles. The van der Waals surface area contributed by atoms with Gasteiger partial charge in [0.2, 0.25) is 0 Å². The fourth-order valence-corrected chi connectivity index (χ4v) is 3.24. The SMILES string of the molecule is CCCCC(CC)C(=O)OC(=O)Oc1cccc2cc3ccccc3cc12. The summed E-state index contributed by atoms with van der Waals surface area (Å²) >= 11 is 0. The number of carbonyl (C=O) groups excluding carboxylic acids is 2. The molecular formula is C23H24O4. The average Bonchev–Trinajstić information content (AvgIpc) is 2.67. The van der Waals surface area contributed by atoms with Gasteiger partial charge in [0, 0.05) is 5.39 Å². The molecule has 0 aliphatic rings. The van der Waals surface area contributed by atoms with Gasteiger partial charge in [0.05, 0.1) is 5.92 Å². The summed E-state index contributed by atoms with van der Waals surface area (Å²) in [6, 6.07) is 17.5. The second-order valence-electron chi connectivity index (χ2n) is 6.70. The van der Waals surface area contributed by atoms with E-state index in [4.69, 9.17) is 9.47 Å². The molecule has 0 aromatic heterocycles. The summed E-state index contributed by atoms with van der Waals surface area (Å²) in [4.78, 5) is 24.4. The second kappa shape index (κ2) is 8.67. The normalized spacial score (nSPS) is 12.1. The highest BCUT2D eigenvalue weighted by molar-refractivity contribution is 6.01. The molecule has 0 aliphatic carbocycles. The Morgan fingerprint density at radius 2 is 1.63 bits per heavy atom. The Bertz CT molecular complexity index is 961. The molecule has 4 nitrogen and oxygen atoms in total. The van der Waals surface area contributed by atoms with Gasteiger partial charge in [0.15, 0.2) is 0 Å². The average molecular weight is 364 g/mol. The zero-order valence-electron chi connectivity index (χ0n) is 15.7. The molecular weight excluding hydrogens is 340 g/mol. The summed E-state index contributed by atoms with van der Waals surface area (Å²) in [7, 11) is 0. The lowest BCUT2D eigenvalue weighted by Gasteiger charge is -2.13. The minimum atomic E-state index is -0.976. The van der Waals surface area contributed by atoms with Crippen molar-refractivity contribution in [3.05, 3.63) is 54.6 Å². The third kappa shape index (κ3) is 4.45. The maximum atomic E-state index is 12.2. The van der Waals surface area contributed by atoms with E-state index in [2.05, 4.69) is 6.92 Å². The van der Waals surface area contributed by atoms with E-state index in [1.54, 1.807) is 6.07 Å². The number of benzene rings is 3. The van der Waals surface area contributed by atoms with Gasteiger partial charge in [0.1, 0.15) is 5.75 Å². The summed E-state index contributed by atoms with van der Waals surface area (Å²) < 4.78 is 10.3. The Labute approximate surface area is 159 Å². The maximum absolute atomic E-state index is 12.2. The highest BCUT2D eigenvalue weighted by atomic mass is 16.7. The monoisotopic (exact) mass is 364 g/mol. The zero-order valence-corrected chi connectivity index (χ0v) is 15.7. The van der Waals surface area contributed by atoms with Crippen LogP contribution >= 0.6 is 0 Å². The molecule has 1 atom stereocenters. The first-order chi connectivity index (χ1) is 13.1. The molecule has 27 heavy (non-hydrogen) atoms. The van der Waals surface area contributed by atoms with Crippen LogP contribution in [0, 0.1) is 5.92 Å². The van der Waals surface area contributed by atoms with Gasteiger partial charge in [-0.15, -0.1) is 0 Å². The van der Waals surface area contributed by atoms with Crippen molar-refractivity contribution in [3.63, 3.8) is 0 Å². The van der Waals surface area contributed by atoms with Gasteiger partial charge in [-0.1, -0.05) is 63.1 Å². The van der Waals surface area contributed by atoms with Crippen molar-refractivity contribution in [1.82, 2.24) is 0 Å². The fraction of sp³-hybridized carbons (Fsp3) is 0.304. The van der Waals surface area contributed by atoms with Crippen LogP contribution in [0.2, 0.25) is 0 Å². The first-order valence-corrected chi connectivity index (χ1v) is 9.47. The topological polar surface area (TPSA) is 52.6 Å². The van der Waals surface area contributed by atoms with Crippen LogP contribution in [0.3, 0.4) is 0 Å². The number of ether oxygens (including phenoxy) is 2. The molecule has 0 N–H and O–H groups in total. The van der Waals surface area contributed by atoms with E-state index in [0.717, 1.165) is 40.8 Å². The molecule has 0 aliphatic heterocycles. The minimum Gasteiger partial charge on any atom is -0.394 e. The van der Waals surface area contributed by atoms with Gasteiger partial charge in [-0.2, -0.15) is 0 Å². The minimum absolute atomic E-state index is 0.269. The summed E-state index contributed by atoms with van der Waals surface area (Å²) in [5, 5.41) is 3.93. The van der Waals surface area contributed by atoms with E-state index in [1.165, 1.54) is 0 Å². The number of unbranched alkanes of at least 4 members (excludes halogenated alkanes) is 1. The fourth-order valence-electron chi connectivity index (χ4n) is 3.24. The van der Waals surface area contributed by atoms with Crippen molar-refractivity contribution in [2.24, 2.45) is 5.92 Å². The summed E-state index contributed by atoms with van der Waals surface area (Å²) in [6.07, 6.45) is 2.32. The van der Waals surface area contributed by atoms with E-state index in [1.807, 2.05) is 55.5 Å². The molecule has 0 fully saturated rings. The maximum Gasteiger partial charge on any atom is 0.521 e. The highest BCUT2D eigenvalue weighted by Crippen LogP contribution is 2.30. The van der Waals surface area contributed by atoms with Crippen LogP contribution in [-0.4, -0.2) is 12.1 Å². The van der Waals surface area contributed by atoms with Crippen LogP contribution in [0.4, 0.5) is 4.79 Å². The molecule has 0 saturated carbocycles. The Kier molecular flexibility index (Phi) is 6.07. The van der Waals surface area contributed by atoms with Gasteiger partial charge in [-0.3, -0.25) is 4.79 Å². The number of hydrogen-bond acceptors (Lipinski definition) is 4. The molecule has 0 saturated heterocycles. The molecule has 4 heteroatoms. The quantitative estimate of drug-likeness (QED) is 0.224. The molecule has 1 unspecified atom stereocenters. The third-order valence-corrected chi connectivity index (χ3v) is 4.82. The van der Waals surface area contributed by atoms with Gasteiger partial charge in [-0.05, 0) is 47.2 Å². The molecule has 140 valence electrons. The summed E-state index contributed by atoms with van der Waals surface area (Å²) in [5.74, 6) is -0.395. The van der Waals surface area contributed by atoms with Crippen LogP contribution in [0.5, 0.6) is 5.75 Å². The van der Waals surface area contributed by atoms with Gasteiger partial charge >= 0.3 is 12.1 Å². The smallest absolute Gasteiger partial charge is 0.394 e. The van der Waals surface area contributed by atoms with Crippen LogP contribution in [0.25, 0.3) is 21.5 Å². The molecule has 0 heterocycles. The second-order valence-corrected chi connectivity index (χ2v) is 6.70. The predicted molar refractivity (Wildman–Crippen MR) is 107 cm³/mol. The van der Waals surface area contributed by atoms with Crippen molar-refractivity contribution in [1.29, 1.82) is 0 Å². The van der Waals surface area contributed by atoms with Crippen LogP contribution in [0.1, 0.15) is 39.5 Å². The van der Waals surface area contributed by atoms with E-state index in [9.17, 15) is 9.59 Å². The Morgan fingerprint density at radius 1 is 0.926 bits per heavy atom. The molecule has 0 radical (unpaired) electrons. The molecule has 3 rings (SSSR count). The van der Waals surface area contributed by atoms with Crippen molar-refractivity contribution in [2.75, 3.05) is 0 Å². The van der Waals surface area contributed by atoms with Gasteiger partial charge in [0.25, 0.3) is 0 Å². The lowest BCUT2D eigenvalue weighted by molar-refractivity contribution is -0.143. The largest absolute Gasteiger partial charge is 0.521 e. The van der Waals surface area contributed by atoms with E-state index in [-0.39, 0.29) is 5.92 Å². The lowest BCUT2D eigenvalue weighted by Crippen LogP contribution is -2.23. The molecule has 0 bridgehead atoms. The zero-order chi connectivity index (χ0) is 19.2. The van der Waals surface area contributed by atoms with Crippen molar-refractivity contribution >= 4 is 33.7 Å². The van der Waals surface area contributed by atoms with Gasteiger partial charge in [-0.25, -0.2) is 4.79 Å². The number of rotatable bonds is 6. The van der Waals surface area contributed by atoms with E-state index >= 15 is 0 Å². The Balaban J connectivity index is 1.78. The van der Waals surface area contributed by atoms with Crippen molar-refractivity contribution < 1.29 is 19.1 Å². The molecule has 0 amide bonds. The first kappa shape index (κ1) is 18.9. The van der Waals surface area contributed by atoms with Crippen LogP contribution < -0.4 is 4.74 Å². The molecule has 0 spiro atoms. The Morgan fingerprint density at radius 3 is 2.33 bits per heavy atom. The van der Waals surface area contributed by atoms with Crippen molar-refractivity contribution in [3.8, 4) is 5.75 Å². The van der Waals surface area contributed by atoms with E-state index in [0.29, 0.717) is 12.2 Å². The first-order valence-electron chi connectivity index (χ1n) is 9.47. The number of fused-ring (bicyclic) bond motifs is 2. The highest BCUT2D eigenvalue weighted by Gasteiger charge is 2.22. The van der Waals surface area contributed by atoms with Crippen LogP contribution in [0.15, 0.2) is 54.6 Å². The predicted octanol–water partition coefficient (Wildman–Crippen LogP) is 6.25. The summed E-state index contributed by atoms with van der Waals surface area (Å²) in [6.45, 7) is 3.99. The van der Waals surface area contributed by atoms with Crippen molar-refractivity contribution in [2.45, 2.75) is 39.5 Å². The van der Waals surface area contributed by atoms with Crippen LogP contribution in [-0.2, 0) is 9.53 Å². The Hall–Kier alpha value is -2.88. The number of carbonyl (C=O) groups is 2.